The lowest BCUT2D eigenvalue weighted by atomic mass is 10.1. The topological polar surface area (TPSA) is 51.5 Å². The van der Waals surface area contributed by atoms with E-state index in [1.54, 1.807) is 30.5 Å². The first-order valence-corrected chi connectivity index (χ1v) is 8.00. The SMILES string of the molecule is FCOc1cccc(-c2cccn3nc(Nc4cc(F)cc(F)c4)nc23)c1. The van der Waals surface area contributed by atoms with Gasteiger partial charge in [-0.05, 0) is 42.0 Å². The number of rotatable bonds is 5. The molecule has 0 aliphatic rings. The fourth-order valence-corrected chi connectivity index (χ4v) is 2.76. The summed E-state index contributed by atoms with van der Waals surface area (Å²) in [5.74, 6) is -0.827. The van der Waals surface area contributed by atoms with E-state index < -0.39 is 18.5 Å². The van der Waals surface area contributed by atoms with Crippen molar-refractivity contribution in [3.05, 3.63) is 72.4 Å². The maximum Gasteiger partial charge on any atom is 0.247 e. The van der Waals surface area contributed by atoms with Gasteiger partial charge in [0, 0.05) is 23.5 Å². The summed E-state index contributed by atoms with van der Waals surface area (Å²) in [5, 5.41) is 7.06. The molecule has 1 N–H and O–H groups in total. The van der Waals surface area contributed by atoms with Crippen LogP contribution in [0.25, 0.3) is 16.8 Å². The van der Waals surface area contributed by atoms with E-state index in [1.165, 1.54) is 4.52 Å². The molecule has 27 heavy (non-hydrogen) atoms. The Bertz CT molecular complexity index is 1090. The maximum atomic E-state index is 13.4. The number of pyridine rings is 1. The molecule has 0 atom stereocenters. The minimum atomic E-state index is -0.920. The second-order valence-electron chi connectivity index (χ2n) is 5.69. The van der Waals surface area contributed by atoms with Gasteiger partial charge in [0.15, 0.2) is 5.65 Å². The molecule has 0 amide bonds. The molecule has 0 fully saturated rings. The predicted octanol–water partition coefficient (Wildman–Crippen LogP) is 4.72. The molecule has 2 aromatic carbocycles. The molecule has 0 saturated heterocycles. The molecule has 2 aromatic heterocycles. The standard InChI is InChI=1S/C19H13F3N4O/c20-11-27-16-4-1-3-12(7-16)17-5-2-6-26-18(17)24-19(25-26)23-15-9-13(21)8-14(22)10-15/h1-10H,11H2,(H,23,25). The number of anilines is 2. The summed E-state index contributed by atoms with van der Waals surface area (Å²) >= 11 is 0. The van der Waals surface area contributed by atoms with Crippen LogP contribution in [-0.2, 0) is 0 Å². The number of alkyl halides is 1. The summed E-state index contributed by atoms with van der Waals surface area (Å²) in [6, 6.07) is 13.6. The van der Waals surface area contributed by atoms with Gasteiger partial charge in [-0.1, -0.05) is 12.1 Å². The molecular weight excluding hydrogens is 357 g/mol. The van der Waals surface area contributed by atoms with E-state index in [-0.39, 0.29) is 11.6 Å². The molecular formula is C19H13F3N4O. The lowest BCUT2D eigenvalue weighted by Crippen LogP contribution is -1.94. The number of hydrogen-bond donors (Lipinski definition) is 1. The molecule has 0 spiro atoms. The number of ether oxygens (including phenoxy) is 1. The number of nitrogens with one attached hydrogen (secondary N) is 1. The Kier molecular flexibility index (Phi) is 4.37. The number of hydrogen-bond acceptors (Lipinski definition) is 4. The van der Waals surface area contributed by atoms with Gasteiger partial charge in [0.25, 0.3) is 0 Å². The van der Waals surface area contributed by atoms with Crippen LogP contribution in [0.3, 0.4) is 0 Å². The average molecular weight is 370 g/mol. The Morgan fingerprint density at radius 1 is 1.00 bits per heavy atom. The second-order valence-corrected chi connectivity index (χ2v) is 5.69. The molecule has 0 radical (unpaired) electrons. The van der Waals surface area contributed by atoms with E-state index in [2.05, 4.69) is 15.4 Å². The monoisotopic (exact) mass is 370 g/mol. The summed E-state index contributed by atoms with van der Waals surface area (Å²) < 4.78 is 45.6. The number of nitrogens with zero attached hydrogens (tertiary/aromatic N) is 3. The molecule has 4 aromatic rings. The van der Waals surface area contributed by atoms with Gasteiger partial charge in [-0.2, -0.15) is 4.98 Å². The van der Waals surface area contributed by atoms with E-state index in [0.29, 0.717) is 11.4 Å². The summed E-state index contributed by atoms with van der Waals surface area (Å²) in [4.78, 5) is 4.40. The van der Waals surface area contributed by atoms with Crippen molar-refractivity contribution in [3.8, 4) is 16.9 Å². The van der Waals surface area contributed by atoms with E-state index >= 15 is 0 Å². The first-order chi connectivity index (χ1) is 13.1. The van der Waals surface area contributed by atoms with Gasteiger partial charge >= 0.3 is 0 Å². The lowest BCUT2D eigenvalue weighted by Gasteiger charge is -2.06. The first-order valence-electron chi connectivity index (χ1n) is 8.00. The van der Waals surface area contributed by atoms with Crippen LogP contribution in [-0.4, -0.2) is 21.5 Å². The largest absolute Gasteiger partial charge is 0.463 e. The summed E-state index contributed by atoms with van der Waals surface area (Å²) in [6.45, 7) is -0.920. The summed E-state index contributed by atoms with van der Waals surface area (Å²) in [7, 11) is 0. The smallest absolute Gasteiger partial charge is 0.247 e. The second kappa shape index (κ2) is 6.99. The molecule has 0 saturated carbocycles. The van der Waals surface area contributed by atoms with E-state index in [0.717, 1.165) is 29.3 Å². The van der Waals surface area contributed by atoms with Gasteiger partial charge in [-0.3, -0.25) is 0 Å². The Morgan fingerprint density at radius 2 is 1.81 bits per heavy atom. The highest BCUT2D eigenvalue weighted by atomic mass is 19.1. The van der Waals surface area contributed by atoms with Crippen molar-refractivity contribution in [2.75, 3.05) is 12.2 Å². The quantitative estimate of drug-likeness (QED) is 0.552. The highest BCUT2D eigenvalue weighted by molar-refractivity contribution is 5.78. The minimum Gasteiger partial charge on any atom is -0.463 e. The van der Waals surface area contributed by atoms with Crippen molar-refractivity contribution in [1.82, 2.24) is 14.6 Å². The maximum absolute atomic E-state index is 13.4. The van der Waals surface area contributed by atoms with Gasteiger partial charge in [-0.25, -0.2) is 17.7 Å². The van der Waals surface area contributed by atoms with Crippen LogP contribution in [0.2, 0.25) is 0 Å². The normalized spacial score (nSPS) is 10.9. The number of halogens is 3. The van der Waals surface area contributed by atoms with Gasteiger partial charge in [0.05, 0.1) is 0 Å². The van der Waals surface area contributed by atoms with Crippen LogP contribution in [0.5, 0.6) is 5.75 Å². The van der Waals surface area contributed by atoms with Gasteiger partial charge in [0.1, 0.15) is 17.4 Å². The van der Waals surface area contributed by atoms with Crippen molar-refractivity contribution in [3.63, 3.8) is 0 Å². The third-order valence-electron chi connectivity index (χ3n) is 3.85. The van der Waals surface area contributed by atoms with Crippen LogP contribution in [0.1, 0.15) is 0 Å². The first kappa shape index (κ1) is 16.9. The molecule has 0 aliphatic heterocycles. The Balaban J connectivity index is 1.73. The van der Waals surface area contributed by atoms with Crippen molar-refractivity contribution in [1.29, 1.82) is 0 Å². The van der Waals surface area contributed by atoms with Crippen LogP contribution < -0.4 is 10.1 Å². The van der Waals surface area contributed by atoms with Crippen molar-refractivity contribution >= 4 is 17.3 Å². The molecule has 0 unspecified atom stereocenters. The van der Waals surface area contributed by atoms with Crippen LogP contribution >= 0.6 is 0 Å². The number of aromatic nitrogens is 3. The fraction of sp³-hybridized carbons (Fsp3) is 0.0526. The average Bonchev–Trinajstić information content (AvgIpc) is 3.03. The van der Waals surface area contributed by atoms with Crippen molar-refractivity contribution < 1.29 is 17.9 Å². The Morgan fingerprint density at radius 3 is 2.59 bits per heavy atom. The zero-order valence-electron chi connectivity index (χ0n) is 13.9. The lowest BCUT2D eigenvalue weighted by molar-refractivity contribution is 0.192. The van der Waals surface area contributed by atoms with Gasteiger partial charge in [-0.15, -0.1) is 5.10 Å². The van der Waals surface area contributed by atoms with Crippen LogP contribution in [0.15, 0.2) is 60.8 Å². The van der Waals surface area contributed by atoms with Gasteiger partial charge in [0.2, 0.25) is 12.8 Å². The van der Waals surface area contributed by atoms with E-state index in [1.807, 2.05) is 12.1 Å². The number of fused-ring (bicyclic) bond motifs is 1. The molecule has 5 nitrogen and oxygen atoms in total. The summed E-state index contributed by atoms with van der Waals surface area (Å²) in [6.07, 6.45) is 1.70. The predicted molar refractivity (Wildman–Crippen MR) is 94.7 cm³/mol. The van der Waals surface area contributed by atoms with E-state index in [4.69, 9.17) is 4.74 Å². The third kappa shape index (κ3) is 3.55. The molecule has 0 bridgehead atoms. The highest BCUT2D eigenvalue weighted by Gasteiger charge is 2.11. The van der Waals surface area contributed by atoms with Crippen molar-refractivity contribution in [2.24, 2.45) is 0 Å². The van der Waals surface area contributed by atoms with Crippen molar-refractivity contribution in [2.45, 2.75) is 0 Å². The molecule has 136 valence electrons. The van der Waals surface area contributed by atoms with E-state index in [9.17, 15) is 13.2 Å². The Labute approximate surface area is 152 Å². The molecule has 8 heteroatoms. The fourth-order valence-electron chi connectivity index (χ4n) is 2.76. The highest BCUT2D eigenvalue weighted by Crippen LogP contribution is 2.28. The molecule has 0 aliphatic carbocycles. The minimum absolute atomic E-state index is 0.184. The van der Waals surface area contributed by atoms with Crippen LogP contribution in [0, 0.1) is 11.6 Å². The molecule has 2 heterocycles. The summed E-state index contributed by atoms with van der Waals surface area (Å²) in [5.41, 5.74) is 2.23. The molecule has 4 rings (SSSR count). The van der Waals surface area contributed by atoms with Crippen LogP contribution in [0.4, 0.5) is 24.8 Å². The zero-order chi connectivity index (χ0) is 18.8. The zero-order valence-corrected chi connectivity index (χ0v) is 13.9. The third-order valence-corrected chi connectivity index (χ3v) is 3.85. The van der Waals surface area contributed by atoms with Gasteiger partial charge < -0.3 is 10.1 Å². The number of benzene rings is 2. The Hall–Kier alpha value is -3.55.